The van der Waals surface area contributed by atoms with Gasteiger partial charge in [-0.25, -0.2) is 0 Å². The third-order valence-electron chi connectivity index (χ3n) is 5.65. The van der Waals surface area contributed by atoms with E-state index in [9.17, 15) is 14.9 Å². The van der Waals surface area contributed by atoms with Crippen molar-refractivity contribution in [3.8, 4) is 5.75 Å². The Balaban J connectivity index is 1.66. The lowest BCUT2D eigenvalue weighted by molar-refractivity contribution is -0.384. The Bertz CT molecular complexity index is 847. The normalized spacial score (nSPS) is 11.2. The lowest BCUT2D eigenvalue weighted by atomic mass is 10.3. The molecule has 0 fully saturated rings. The van der Waals surface area contributed by atoms with Crippen LogP contribution >= 0.6 is 0 Å². The Labute approximate surface area is 277 Å². The van der Waals surface area contributed by atoms with Gasteiger partial charge in [0.1, 0.15) is 12.4 Å². The first-order valence-corrected chi connectivity index (χ1v) is 15.9. The maximum absolute atomic E-state index is 11.1. The average molecular weight is 680 g/mol. The quantitative estimate of drug-likeness (QED) is 0.0437. The highest BCUT2D eigenvalue weighted by Gasteiger charge is 2.04. The third kappa shape index (κ3) is 29.4. The lowest BCUT2D eigenvalue weighted by Gasteiger charge is -2.09. The predicted octanol–water partition coefficient (Wildman–Crippen LogP) is 2.09. The van der Waals surface area contributed by atoms with Gasteiger partial charge in [-0.1, -0.05) is 0 Å². The van der Waals surface area contributed by atoms with E-state index in [1.54, 1.807) is 19.1 Å². The summed E-state index contributed by atoms with van der Waals surface area (Å²) in [5.74, 6) is 0.295. The van der Waals surface area contributed by atoms with Crippen molar-refractivity contribution >= 4 is 11.7 Å². The van der Waals surface area contributed by atoms with Crippen molar-refractivity contribution < 1.29 is 66.6 Å². The number of nitro benzene ring substituents is 1. The summed E-state index contributed by atoms with van der Waals surface area (Å²) >= 11 is 0. The Morgan fingerprint density at radius 1 is 0.511 bits per heavy atom. The van der Waals surface area contributed by atoms with Crippen LogP contribution in [0.1, 0.15) is 13.3 Å². The highest BCUT2D eigenvalue weighted by molar-refractivity contribution is 5.69. The number of rotatable bonds is 36. The fourth-order valence-corrected chi connectivity index (χ4v) is 3.35. The van der Waals surface area contributed by atoms with Crippen LogP contribution in [0, 0.1) is 10.1 Å². The minimum absolute atomic E-state index is 0.0224. The molecular formula is C31H53NO15. The predicted molar refractivity (Wildman–Crippen MR) is 168 cm³/mol. The maximum Gasteiger partial charge on any atom is 0.308 e. The molecule has 0 aromatic heterocycles. The van der Waals surface area contributed by atoms with Crippen LogP contribution in [0.3, 0.4) is 0 Å². The average Bonchev–Trinajstić information content (AvgIpc) is 3.07. The van der Waals surface area contributed by atoms with Crippen LogP contribution in [0.2, 0.25) is 0 Å². The monoisotopic (exact) mass is 679 g/mol. The number of nitrogens with zero attached hydrogens (tertiary/aromatic N) is 1. The molecule has 272 valence electrons. The molecule has 1 aromatic carbocycles. The molecule has 0 amide bonds. The highest BCUT2D eigenvalue weighted by Crippen LogP contribution is 2.17. The van der Waals surface area contributed by atoms with Crippen molar-refractivity contribution in [3.63, 3.8) is 0 Å². The van der Waals surface area contributed by atoms with Crippen LogP contribution in [0.15, 0.2) is 24.3 Å². The van der Waals surface area contributed by atoms with Crippen LogP contribution < -0.4 is 4.74 Å². The van der Waals surface area contributed by atoms with E-state index in [1.807, 2.05) is 0 Å². The summed E-state index contributed by atoms with van der Waals surface area (Å²) in [6.07, 6.45) is 0.249. The molecule has 16 heteroatoms. The summed E-state index contributed by atoms with van der Waals surface area (Å²) in [4.78, 5) is 21.3. The van der Waals surface area contributed by atoms with E-state index in [-0.39, 0.29) is 18.1 Å². The molecule has 0 unspecified atom stereocenters. The highest BCUT2D eigenvalue weighted by atomic mass is 16.6. The van der Waals surface area contributed by atoms with Gasteiger partial charge in [0.05, 0.1) is 150 Å². The van der Waals surface area contributed by atoms with E-state index >= 15 is 0 Å². The molecule has 1 aromatic rings. The summed E-state index contributed by atoms with van der Waals surface area (Å²) in [6, 6.07) is 5.90. The van der Waals surface area contributed by atoms with Crippen molar-refractivity contribution in [1.29, 1.82) is 0 Å². The van der Waals surface area contributed by atoms with Gasteiger partial charge in [-0.05, 0) is 19.1 Å². The number of esters is 1. The van der Waals surface area contributed by atoms with E-state index in [0.29, 0.717) is 151 Å². The van der Waals surface area contributed by atoms with Gasteiger partial charge < -0.3 is 56.8 Å². The van der Waals surface area contributed by atoms with E-state index in [0.717, 1.165) is 0 Å². The fraction of sp³-hybridized carbons (Fsp3) is 0.774. The third-order valence-corrected chi connectivity index (χ3v) is 5.65. The standard InChI is InChI=1S/C31H53NO15/c1-2-46-31(33)7-8-36-9-10-37-11-12-38-13-14-39-15-16-40-17-18-41-19-20-42-21-22-43-23-24-44-25-26-45-27-28-47-30-5-3-29(4-6-30)32(34)35/h3-6H,2,7-28H2,1H3. The van der Waals surface area contributed by atoms with Crippen LogP contribution in [0.25, 0.3) is 0 Å². The zero-order chi connectivity index (χ0) is 33.9. The topological polar surface area (TPSA) is 171 Å². The van der Waals surface area contributed by atoms with Crippen LogP contribution in [-0.2, 0) is 56.9 Å². The van der Waals surface area contributed by atoms with E-state index in [2.05, 4.69) is 0 Å². The molecule has 0 aliphatic carbocycles. The molecule has 0 saturated carbocycles. The SMILES string of the molecule is CCOC(=O)CCOCCOCCOCCOCCOCCOCCOCCOCCOCCOCCOc1ccc([N+](=O)[O-])cc1. The minimum atomic E-state index is -0.455. The van der Waals surface area contributed by atoms with Gasteiger partial charge in [-0.15, -0.1) is 0 Å². The van der Waals surface area contributed by atoms with Gasteiger partial charge in [0.25, 0.3) is 5.69 Å². The van der Waals surface area contributed by atoms with Crippen LogP contribution in [0.5, 0.6) is 5.75 Å². The molecule has 0 heterocycles. The molecule has 0 aliphatic rings. The zero-order valence-corrected chi connectivity index (χ0v) is 27.6. The van der Waals surface area contributed by atoms with Gasteiger partial charge in [0.15, 0.2) is 0 Å². The lowest BCUT2D eigenvalue weighted by Crippen LogP contribution is -2.15. The number of nitro groups is 1. The Morgan fingerprint density at radius 3 is 1.11 bits per heavy atom. The number of hydrogen-bond acceptors (Lipinski definition) is 15. The number of benzene rings is 1. The van der Waals surface area contributed by atoms with E-state index in [4.69, 9.17) is 56.8 Å². The van der Waals surface area contributed by atoms with Crippen LogP contribution in [-0.4, -0.2) is 156 Å². The molecule has 0 bridgehead atoms. The molecule has 0 aliphatic heterocycles. The molecule has 16 nitrogen and oxygen atoms in total. The fourth-order valence-electron chi connectivity index (χ4n) is 3.35. The number of non-ortho nitro benzene ring substituents is 1. The van der Waals surface area contributed by atoms with Crippen LogP contribution in [0.4, 0.5) is 5.69 Å². The molecule has 0 spiro atoms. The smallest absolute Gasteiger partial charge is 0.308 e. The number of carbonyl (C=O) groups is 1. The first-order chi connectivity index (χ1) is 23.1. The van der Waals surface area contributed by atoms with Gasteiger partial charge >= 0.3 is 5.97 Å². The van der Waals surface area contributed by atoms with Crippen molar-refractivity contribution in [1.82, 2.24) is 0 Å². The van der Waals surface area contributed by atoms with Gasteiger partial charge in [-0.2, -0.15) is 0 Å². The van der Waals surface area contributed by atoms with Gasteiger partial charge in [0, 0.05) is 12.1 Å². The molecule has 0 N–H and O–H groups in total. The van der Waals surface area contributed by atoms with Gasteiger partial charge in [-0.3, -0.25) is 14.9 Å². The second-order valence-electron chi connectivity index (χ2n) is 9.28. The van der Waals surface area contributed by atoms with E-state index < -0.39 is 4.92 Å². The molecule has 0 saturated heterocycles. The summed E-state index contributed by atoms with van der Waals surface area (Å²) in [5.41, 5.74) is 0.0224. The summed E-state index contributed by atoms with van der Waals surface area (Å²) in [6.45, 7) is 11.6. The van der Waals surface area contributed by atoms with Crippen molar-refractivity contribution in [3.05, 3.63) is 34.4 Å². The van der Waals surface area contributed by atoms with Crippen molar-refractivity contribution in [2.24, 2.45) is 0 Å². The van der Waals surface area contributed by atoms with E-state index in [1.165, 1.54) is 12.1 Å². The van der Waals surface area contributed by atoms with Crippen molar-refractivity contribution in [2.75, 3.05) is 145 Å². The molecule has 47 heavy (non-hydrogen) atoms. The minimum Gasteiger partial charge on any atom is -0.491 e. The Hall–Kier alpha value is -2.51. The maximum atomic E-state index is 11.1. The molecule has 1 rings (SSSR count). The largest absolute Gasteiger partial charge is 0.491 e. The zero-order valence-electron chi connectivity index (χ0n) is 27.6. The second-order valence-corrected chi connectivity index (χ2v) is 9.28. The van der Waals surface area contributed by atoms with Gasteiger partial charge in [0.2, 0.25) is 0 Å². The molecule has 0 atom stereocenters. The Morgan fingerprint density at radius 2 is 0.809 bits per heavy atom. The summed E-state index contributed by atoms with van der Waals surface area (Å²) < 4.78 is 64.5. The molecule has 0 radical (unpaired) electrons. The number of ether oxygens (including phenoxy) is 12. The van der Waals surface area contributed by atoms with Crippen molar-refractivity contribution in [2.45, 2.75) is 13.3 Å². The Kier molecular flexibility index (Phi) is 30.2. The first-order valence-electron chi connectivity index (χ1n) is 15.9. The summed E-state index contributed by atoms with van der Waals surface area (Å²) in [5, 5.41) is 10.6. The molecular weight excluding hydrogens is 626 g/mol. The second kappa shape index (κ2) is 33.4. The number of hydrogen-bond donors (Lipinski definition) is 0. The summed E-state index contributed by atoms with van der Waals surface area (Å²) in [7, 11) is 0. The number of carbonyl (C=O) groups excluding carboxylic acids is 1. The first kappa shape index (κ1) is 42.5.